The zero-order chi connectivity index (χ0) is 22.7. The normalized spacial score (nSPS) is 14.4. The summed E-state index contributed by atoms with van der Waals surface area (Å²) < 4.78 is 25.1. The summed E-state index contributed by atoms with van der Waals surface area (Å²) >= 11 is 2.92. The van der Waals surface area contributed by atoms with Crippen molar-refractivity contribution < 1.29 is 52.5 Å². The van der Waals surface area contributed by atoms with Crippen molar-refractivity contribution in [1.29, 1.82) is 0 Å². The SMILES string of the molecule is CC(=O)OCC(OC(C)=O)C(OC(C)=O)C(OC(C)=O)C(OC(C)=O)C(=O)CBr. The number of esters is 5. The molecule has 4 atom stereocenters. The van der Waals surface area contributed by atoms with E-state index in [0.717, 1.165) is 34.6 Å². The second-order valence-electron chi connectivity index (χ2n) is 5.73. The minimum absolute atomic E-state index is 0.294. The molecule has 29 heavy (non-hydrogen) atoms. The molecule has 0 saturated heterocycles. The quantitative estimate of drug-likeness (QED) is 0.226. The summed E-state index contributed by atoms with van der Waals surface area (Å²) in [6.45, 7) is 4.59. The van der Waals surface area contributed by atoms with Crippen molar-refractivity contribution in [2.75, 3.05) is 11.9 Å². The molecule has 12 heteroatoms. The van der Waals surface area contributed by atoms with Crippen molar-refractivity contribution in [2.24, 2.45) is 0 Å². The average Bonchev–Trinajstić information content (AvgIpc) is 2.58. The van der Waals surface area contributed by atoms with Crippen LogP contribution in [-0.2, 0) is 52.5 Å². The smallest absolute Gasteiger partial charge is 0.303 e. The molecule has 4 unspecified atom stereocenters. The van der Waals surface area contributed by atoms with E-state index in [1.807, 2.05) is 0 Å². The lowest BCUT2D eigenvalue weighted by Gasteiger charge is -2.34. The van der Waals surface area contributed by atoms with Crippen LogP contribution >= 0.6 is 15.9 Å². The van der Waals surface area contributed by atoms with Gasteiger partial charge in [0.05, 0.1) is 5.33 Å². The third-order valence-corrected chi connectivity index (χ3v) is 3.66. The Labute approximate surface area is 175 Å². The van der Waals surface area contributed by atoms with Gasteiger partial charge < -0.3 is 23.7 Å². The van der Waals surface area contributed by atoms with E-state index in [-0.39, 0.29) is 5.33 Å². The molecule has 0 amide bonds. The molecule has 0 aliphatic heterocycles. The van der Waals surface area contributed by atoms with Crippen LogP contribution < -0.4 is 0 Å². The molecular weight excluding hydrogens is 460 g/mol. The Morgan fingerprint density at radius 2 is 1.10 bits per heavy atom. The van der Waals surface area contributed by atoms with E-state index in [2.05, 4.69) is 15.9 Å². The van der Waals surface area contributed by atoms with E-state index < -0.39 is 66.7 Å². The highest BCUT2D eigenvalue weighted by Gasteiger charge is 2.46. The molecule has 164 valence electrons. The fourth-order valence-electron chi connectivity index (χ4n) is 2.22. The van der Waals surface area contributed by atoms with E-state index in [1.54, 1.807) is 0 Å². The molecule has 0 saturated carbocycles. The molecule has 0 aromatic heterocycles. The van der Waals surface area contributed by atoms with E-state index in [1.165, 1.54) is 0 Å². The highest BCUT2D eigenvalue weighted by Crippen LogP contribution is 2.21. The summed E-state index contributed by atoms with van der Waals surface area (Å²) in [6, 6.07) is 0. The van der Waals surface area contributed by atoms with Gasteiger partial charge in [-0.3, -0.25) is 28.8 Å². The topological polar surface area (TPSA) is 149 Å². The maximum absolute atomic E-state index is 12.3. The van der Waals surface area contributed by atoms with Crippen LogP contribution in [0.1, 0.15) is 34.6 Å². The second-order valence-corrected chi connectivity index (χ2v) is 6.29. The van der Waals surface area contributed by atoms with Gasteiger partial charge in [0.1, 0.15) is 6.61 Å². The van der Waals surface area contributed by atoms with Crippen LogP contribution in [0.3, 0.4) is 0 Å². The zero-order valence-electron chi connectivity index (χ0n) is 16.6. The molecule has 0 aliphatic carbocycles. The minimum atomic E-state index is -1.70. The summed E-state index contributed by atoms with van der Waals surface area (Å²) in [5.41, 5.74) is 0. The standard InChI is InChI=1S/C17H23BrO11/c1-8(19)25-7-14(26-9(2)20)16(28-11(4)22)17(29-12(5)23)15(13(24)6-18)27-10(3)21/h14-17H,6-7H2,1-5H3. The van der Waals surface area contributed by atoms with Crippen LogP contribution in [-0.4, -0.2) is 72.0 Å². The first-order valence-corrected chi connectivity index (χ1v) is 9.42. The lowest BCUT2D eigenvalue weighted by atomic mass is 9.99. The summed E-state index contributed by atoms with van der Waals surface area (Å²) in [4.78, 5) is 69.8. The van der Waals surface area contributed by atoms with Crippen molar-refractivity contribution in [3.63, 3.8) is 0 Å². The molecule has 0 bridgehead atoms. The molecule has 0 aromatic carbocycles. The molecule has 11 nitrogen and oxygen atoms in total. The minimum Gasteiger partial charge on any atom is -0.462 e. The van der Waals surface area contributed by atoms with Crippen molar-refractivity contribution in [1.82, 2.24) is 0 Å². The van der Waals surface area contributed by atoms with Crippen molar-refractivity contribution in [2.45, 2.75) is 59.0 Å². The number of rotatable bonds is 11. The molecule has 0 fully saturated rings. The number of halogens is 1. The second kappa shape index (κ2) is 12.9. The van der Waals surface area contributed by atoms with Gasteiger partial charge in [-0.15, -0.1) is 0 Å². The van der Waals surface area contributed by atoms with Crippen LogP contribution in [0.4, 0.5) is 0 Å². The highest BCUT2D eigenvalue weighted by molar-refractivity contribution is 9.09. The van der Waals surface area contributed by atoms with E-state index in [0.29, 0.717) is 0 Å². The first-order valence-electron chi connectivity index (χ1n) is 8.29. The molecule has 0 radical (unpaired) electrons. The molecule has 0 rings (SSSR count). The fourth-order valence-corrected chi connectivity index (χ4v) is 2.54. The van der Waals surface area contributed by atoms with E-state index in [9.17, 15) is 28.8 Å². The maximum atomic E-state index is 12.3. The van der Waals surface area contributed by atoms with E-state index >= 15 is 0 Å². The van der Waals surface area contributed by atoms with Crippen LogP contribution in [0.2, 0.25) is 0 Å². The van der Waals surface area contributed by atoms with Crippen molar-refractivity contribution in [3.05, 3.63) is 0 Å². The maximum Gasteiger partial charge on any atom is 0.303 e. The average molecular weight is 483 g/mol. The van der Waals surface area contributed by atoms with Gasteiger partial charge in [0.2, 0.25) is 6.10 Å². The number of Topliss-reactive ketones (excluding diaryl/α,β-unsaturated/α-hetero) is 1. The predicted molar refractivity (Wildman–Crippen MR) is 97.7 cm³/mol. The first kappa shape index (κ1) is 26.5. The Balaban J connectivity index is 6.29. The third-order valence-electron chi connectivity index (χ3n) is 3.10. The lowest BCUT2D eigenvalue weighted by Crippen LogP contribution is -2.55. The molecule has 0 aliphatic rings. The zero-order valence-corrected chi connectivity index (χ0v) is 18.2. The number of ketones is 1. The number of ether oxygens (including phenoxy) is 5. The van der Waals surface area contributed by atoms with Crippen molar-refractivity contribution in [3.8, 4) is 0 Å². The van der Waals surface area contributed by atoms with Crippen LogP contribution in [0.25, 0.3) is 0 Å². The van der Waals surface area contributed by atoms with Gasteiger partial charge in [0, 0.05) is 34.6 Å². The summed E-state index contributed by atoms with van der Waals surface area (Å²) in [6.07, 6.45) is -6.49. The fraction of sp³-hybridized carbons (Fsp3) is 0.647. The number of alkyl halides is 1. The van der Waals surface area contributed by atoms with Crippen molar-refractivity contribution >= 4 is 51.6 Å². The number of hydrogen-bond acceptors (Lipinski definition) is 11. The largest absolute Gasteiger partial charge is 0.462 e. The molecule has 0 N–H and O–H groups in total. The van der Waals surface area contributed by atoms with Gasteiger partial charge in [-0.2, -0.15) is 0 Å². The molecule has 0 heterocycles. The predicted octanol–water partition coefficient (Wildman–Crippen LogP) is 0.240. The van der Waals surface area contributed by atoms with Crippen LogP contribution in [0.5, 0.6) is 0 Å². The Kier molecular flexibility index (Phi) is 11.8. The number of hydrogen-bond donors (Lipinski definition) is 0. The number of carbonyl (C=O) groups excluding carboxylic acids is 6. The van der Waals surface area contributed by atoms with Crippen LogP contribution in [0.15, 0.2) is 0 Å². The molecule has 0 aromatic rings. The third kappa shape index (κ3) is 10.6. The summed E-state index contributed by atoms with van der Waals surface area (Å²) in [5, 5.41) is -0.294. The van der Waals surface area contributed by atoms with Gasteiger partial charge in [0.15, 0.2) is 24.1 Å². The van der Waals surface area contributed by atoms with Gasteiger partial charge in [0.25, 0.3) is 0 Å². The van der Waals surface area contributed by atoms with E-state index in [4.69, 9.17) is 23.7 Å². The Morgan fingerprint density at radius 3 is 1.48 bits per heavy atom. The molecule has 0 spiro atoms. The van der Waals surface area contributed by atoms with Gasteiger partial charge >= 0.3 is 29.8 Å². The Hall–Kier alpha value is -2.50. The Morgan fingerprint density at radius 1 is 0.655 bits per heavy atom. The summed E-state index contributed by atoms with van der Waals surface area (Å²) in [5.74, 6) is -4.97. The first-order chi connectivity index (χ1) is 13.4. The van der Waals surface area contributed by atoms with Gasteiger partial charge in [-0.1, -0.05) is 15.9 Å². The monoisotopic (exact) mass is 482 g/mol. The van der Waals surface area contributed by atoms with Gasteiger partial charge in [-0.25, -0.2) is 0 Å². The number of carbonyl (C=O) groups is 6. The highest BCUT2D eigenvalue weighted by atomic mass is 79.9. The Bertz CT molecular complexity index is 645. The van der Waals surface area contributed by atoms with Gasteiger partial charge in [-0.05, 0) is 0 Å². The van der Waals surface area contributed by atoms with Crippen LogP contribution in [0, 0.1) is 0 Å². The summed E-state index contributed by atoms with van der Waals surface area (Å²) in [7, 11) is 0. The molecular formula is C17H23BrO11. The lowest BCUT2D eigenvalue weighted by molar-refractivity contribution is -0.202.